The third-order valence-corrected chi connectivity index (χ3v) is 3.71. The molecule has 0 bridgehead atoms. The lowest BCUT2D eigenvalue weighted by Crippen LogP contribution is -2.23. The van der Waals surface area contributed by atoms with Gasteiger partial charge in [0.25, 0.3) is 0 Å². The summed E-state index contributed by atoms with van der Waals surface area (Å²) in [6.07, 6.45) is 0. The molecule has 1 heterocycles. The maximum atomic E-state index is 11.3. The summed E-state index contributed by atoms with van der Waals surface area (Å²) in [5.41, 5.74) is 5.21. The average Bonchev–Trinajstić information content (AvgIpc) is 2.06. The highest BCUT2D eigenvalue weighted by Gasteiger charge is 2.47. The molecule has 6 nitrogen and oxygen atoms in total. The van der Waals surface area contributed by atoms with Crippen LogP contribution in [0.25, 0.3) is 0 Å². The van der Waals surface area contributed by atoms with Gasteiger partial charge in [-0.15, -0.1) is 0 Å². The van der Waals surface area contributed by atoms with Crippen LogP contribution in [-0.2, 0) is 14.2 Å². The standard InChI is InChI=1S/C4H8N3O3P/c1-6-3(8)4(9)7(2)11(6,5)10/h1-2H3,(H2,5,10). The Kier molecular flexibility index (Phi) is 1.54. The first-order chi connectivity index (χ1) is 4.89. The van der Waals surface area contributed by atoms with Gasteiger partial charge >= 0.3 is 19.4 Å². The van der Waals surface area contributed by atoms with Crippen molar-refractivity contribution in [2.75, 3.05) is 14.1 Å². The zero-order chi connectivity index (χ0) is 8.81. The quantitative estimate of drug-likeness (QED) is 0.379. The van der Waals surface area contributed by atoms with Gasteiger partial charge in [-0.25, -0.2) is 5.50 Å². The third kappa shape index (κ3) is 0.868. The summed E-state index contributed by atoms with van der Waals surface area (Å²) in [7, 11) is -0.889. The summed E-state index contributed by atoms with van der Waals surface area (Å²) >= 11 is 0. The Hall–Kier alpha value is -0.870. The Labute approximate surface area is 63.5 Å². The van der Waals surface area contributed by atoms with E-state index in [-0.39, 0.29) is 0 Å². The molecule has 1 fully saturated rings. The minimum Gasteiger partial charge on any atom is -0.263 e. The highest BCUT2D eigenvalue weighted by Crippen LogP contribution is 2.47. The maximum Gasteiger partial charge on any atom is 0.335 e. The number of likely N-dealkylation sites (N-methyl/N-ethyl adjacent to an activating group) is 2. The molecule has 0 aromatic heterocycles. The number of rotatable bonds is 0. The molecule has 0 spiro atoms. The fourth-order valence-corrected chi connectivity index (χ4v) is 1.83. The van der Waals surface area contributed by atoms with Crippen LogP contribution >= 0.6 is 7.59 Å². The molecular weight excluding hydrogens is 169 g/mol. The Morgan fingerprint density at radius 3 is 1.55 bits per heavy atom. The lowest BCUT2D eigenvalue weighted by molar-refractivity contribution is -0.142. The normalized spacial score (nSPS) is 23.2. The number of amides is 2. The van der Waals surface area contributed by atoms with E-state index in [1.54, 1.807) is 0 Å². The zero-order valence-corrected chi connectivity index (χ0v) is 7.04. The van der Waals surface area contributed by atoms with E-state index in [2.05, 4.69) is 0 Å². The van der Waals surface area contributed by atoms with E-state index in [9.17, 15) is 14.2 Å². The first kappa shape index (κ1) is 8.23. The second kappa shape index (κ2) is 2.06. The van der Waals surface area contributed by atoms with Crippen LogP contribution < -0.4 is 5.50 Å². The van der Waals surface area contributed by atoms with Crippen molar-refractivity contribution in [3.05, 3.63) is 0 Å². The Morgan fingerprint density at radius 2 is 1.45 bits per heavy atom. The highest BCUT2D eigenvalue weighted by molar-refractivity contribution is 7.59. The molecule has 0 unspecified atom stereocenters. The van der Waals surface area contributed by atoms with Crippen LogP contribution in [0.3, 0.4) is 0 Å². The van der Waals surface area contributed by atoms with Gasteiger partial charge in [0.05, 0.1) is 0 Å². The minimum absolute atomic E-state index is 0.773. The summed E-state index contributed by atoms with van der Waals surface area (Å²) in [5.74, 6) is -1.64. The van der Waals surface area contributed by atoms with Crippen LogP contribution in [-0.4, -0.2) is 35.3 Å². The molecule has 2 amide bonds. The van der Waals surface area contributed by atoms with E-state index in [0.29, 0.717) is 0 Å². The SMILES string of the molecule is CN1C(=O)C(=O)N(C)P1(N)=O. The second-order valence-electron chi connectivity index (χ2n) is 2.25. The van der Waals surface area contributed by atoms with Crippen molar-refractivity contribution >= 4 is 19.4 Å². The number of hydrogen-bond donors (Lipinski definition) is 1. The van der Waals surface area contributed by atoms with E-state index >= 15 is 0 Å². The van der Waals surface area contributed by atoms with Crippen molar-refractivity contribution in [3.8, 4) is 0 Å². The molecule has 0 aromatic rings. The van der Waals surface area contributed by atoms with E-state index in [0.717, 1.165) is 9.34 Å². The Bertz CT molecular complexity index is 252. The van der Waals surface area contributed by atoms with E-state index in [1.807, 2.05) is 0 Å². The highest BCUT2D eigenvalue weighted by atomic mass is 31.2. The lowest BCUT2D eigenvalue weighted by atomic mass is 10.6. The maximum absolute atomic E-state index is 11.3. The van der Waals surface area contributed by atoms with Crippen molar-refractivity contribution in [2.24, 2.45) is 5.50 Å². The largest absolute Gasteiger partial charge is 0.335 e. The molecule has 0 aliphatic carbocycles. The number of nitrogens with zero attached hydrogens (tertiary/aromatic N) is 2. The smallest absolute Gasteiger partial charge is 0.263 e. The summed E-state index contributed by atoms with van der Waals surface area (Å²) in [4.78, 5) is 21.6. The van der Waals surface area contributed by atoms with Gasteiger partial charge in [-0.3, -0.25) is 23.5 Å². The molecule has 0 radical (unpaired) electrons. The predicted molar refractivity (Wildman–Crippen MR) is 37.3 cm³/mol. The van der Waals surface area contributed by atoms with Gasteiger partial charge in [-0.2, -0.15) is 0 Å². The Balaban J connectivity index is 3.16. The zero-order valence-electron chi connectivity index (χ0n) is 6.14. The fraction of sp³-hybridized carbons (Fsp3) is 0.500. The van der Waals surface area contributed by atoms with Gasteiger partial charge in [0.1, 0.15) is 0 Å². The molecule has 1 rings (SSSR count). The lowest BCUT2D eigenvalue weighted by Gasteiger charge is -2.18. The summed E-state index contributed by atoms with van der Waals surface area (Å²) in [5, 5.41) is 0. The molecule has 1 aliphatic rings. The second-order valence-corrected chi connectivity index (χ2v) is 4.62. The van der Waals surface area contributed by atoms with Gasteiger partial charge in [-0.1, -0.05) is 0 Å². The van der Waals surface area contributed by atoms with Gasteiger partial charge < -0.3 is 0 Å². The van der Waals surface area contributed by atoms with Crippen LogP contribution in [0.2, 0.25) is 0 Å². The first-order valence-electron chi connectivity index (χ1n) is 2.84. The molecule has 11 heavy (non-hydrogen) atoms. The van der Waals surface area contributed by atoms with E-state index < -0.39 is 19.4 Å². The molecule has 0 saturated carbocycles. The van der Waals surface area contributed by atoms with Crippen LogP contribution in [0.15, 0.2) is 0 Å². The Morgan fingerprint density at radius 1 is 1.18 bits per heavy atom. The van der Waals surface area contributed by atoms with Crippen LogP contribution in [0, 0.1) is 0 Å². The molecule has 0 atom stereocenters. The monoisotopic (exact) mass is 177 g/mol. The first-order valence-corrected chi connectivity index (χ1v) is 4.52. The topological polar surface area (TPSA) is 83.7 Å². The minimum atomic E-state index is -3.37. The molecule has 62 valence electrons. The summed E-state index contributed by atoms with van der Waals surface area (Å²) in [6, 6.07) is 0. The van der Waals surface area contributed by atoms with Crippen molar-refractivity contribution in [3.63, 3.8) is 0 Å². The molecular formula is C4H8N3O3P. The van der Waals surface area contributed by atoms with Crippen LogP contribution in [0.1, 0.15) is 0 Å². The van der Waals surface area contributed by atoms with Crippen molar-refractivity contribution < 1.29 is 14.2 Å². The van der Waals surface area contributed by atoms with Gasteiger partial charge in [0.15, 0.2) is 0 Å². The van der Waals surface area contributed by atoms with Gasteiger partial charge in [0.2, 0.25) is 0 Å². The van der Waals surface area contributed by atoms with Crippen molar-refractivity contribution in [1.82, 2.24) is 9.34 Å². The predicted octanol–water partition coefficient (Wildman–Crippen LogP) is -1.02. The van der Waals surface area contributed by atoms with Crippen molar-refractivity contribution in [1.29, 1.82) is 0 Å². The van der Waals surface area contributed by atoms with E-state index in [1.165, 1.54) is 14.1 Å². The van der Waals surface area contributed by atoms with Crippen LogP contribution in [0.4, 0.5) is 0 Å². The van der Waals surface area contributed by atoms with Gasteiger partial charge in [-0.05, 0) is 0 Å². The van der Waals surface area contributed by atoms with Gasteiger partial charge in [0, 0.05) is 14.1 Å². The number of carbonyl (C=O) groups is 2. The molecule has 0 aromatic carbocycles. The molecule has 7 heteroatoms. The number of carbonyl (C=O) groups excluding carboxylic acids is 2. The summed E-state index contributed by atoms with van der Waals surface area (Å²) in [6.45, 7) is 0. The number of hydrogen-bond acceptors (Lipinski definition) is 3. The average molecular weight is 177 g/mol. The summed E-state index contributed by atoms with van der Waals surface area (Å²) < 4.78 is 12.8. The molecule has 1 saturated heterocycles. The molecule has 1 aliphatic heterocycles. The van der Waals surface area contributed by atoms with E-state index in [4.69, 9.17) is 5.50 Å². The molecule has 2 N–H and O–H groups in total. The number of nitrogens with two attached hydrogens (primary N) is 1. The fourth-order valence-electron chi connectivity index (χ4n) is 0.738. The third-order valence-electron chi connectivity index (χ3n) is 1.63. The van der Waals surface area contributed by atoms with Crippen LogP contribution in [0.5, 0.6) is 0 Å². The van der Waals surface area contributed by atoms with Crippen molar-refractivity contribution in [2.45, 2.75) is 0 Å².